The van der Waals surface area contributed by atoms with Crippen molar-refractivity contribution < 1.29 is 28.0 Å². The lowest BCUT2D eigenvalue weighted by atomic mass is 10.1. The van der Waals surface area contributed by atoms with Crippen LogP contribution in [0.2, 0.25) is 18.1 Å². The number of piperidine rings is 1. The lowest BCUT2D eigenvalue weighted by Gasteiger charge is -2.38. The number of likely N-dealkylation sites (tertiary alicyclic amines) is 1. The van der Waals surface area contributed by atoms with Crippen LogP contribution in [0.5, 0.6) is 0 Å². The maximum Gasteiger partial charge on any atom is 0.407 e. The molecule has 1 N–H and O–H groups in total. The Morgan fingerprint density at radius 3 is 2.42 bits per heavy atom. The number of fused-ring (bicyclic) bond motifs is 1. The van der Waals surface area contributed by atoms with Crippen molar-refractivity contribution in [2.75, 3.05) is 32.8 Å². The van der Waals surface area contributed by atoms with Gasteiger partial charge in [-0.3, -0.25) is 4.79 Å². The molecule has 1 saturated carbocycles. The number of alkyl carbamates (subject to hydrolysis) is 1. The van der Waals surface area contributed by atoms with Crippen LogP contribution < -0.4 is 5.32 Å². The molecule has 5 rings (SSSR count). The molecule has 0 bridgehead atoms. The number of hydrogen-bond donors (Lipinski definition) is 1. The number of amides is 1. The van der Waals surface area contributed by atoms with E-state index < -0.39 is 26.1 Å². The van der Waals surface area contributed by atoms with Crippen LogP contribution in [0.3, 0.4) is 0 Å². The molecule has 3 heterocycles. The SMILES string of the molecule is CCOC(=O)CCCN1C[C@@H]2C(C#Cc3ccc(-c4cc([C@@H](CNC(=O)OC(C)(C)C)n5ccnc5C(C)O[Si](C)(C)C(C)(C)C)no4)cc3)[C@@H]2C1. The van der Waals surface area contributed by atoms with Crippen LogP contribution in [0.1, 0.15) is 97.5 Å². The highest BCUT2D eigenvalue weighted by Gasteiger charge is 2.54. The molecule has 11 nitrogen and oxygen atoms in total. The maximum absolute atomic E-state index is 12.7. The van der Waals surface area contributed by atoms with E-state index in [1.165, 1.54) is 0 Å². The number of carbonyl (C=O) groups excluding carboxylic acids is 2. The number of nitrogens with one attached hydrogen (secondary N) is 1. The fourth-order valence-electron chi connectivity index (χ4n) is 6.57. The summed E-state index contributed by atoms with van der Waals surface area (Å²) in [5, 5.41) is 7.44. The molecule has 1 saturated heterocycles. The van der Waals surface area contributed by atoms with E-state index in [1.807, 2.05) is 75.7 Å². The first-order chi connectivity index (χ1) is 24.5. The first-order valence-electron chi connectivity index (χ1n) is 18.6. The van der Waals surface area contributed by atoms with E-state index in [4.69, 9.17) is 23.4 Å². The molecule has 52 heavy (non-hydrogen) atoms. The standard InChI is InChI=1S/C40H57N5O6Si/c1-11-48-36(46)13-12-21-44-25-31-30(32(31)26-44)19-16-28-14-17-29(18-15-28)35-23-33(43-50-35)34(24-42-38(47)49-39(3,4)5)45-22-20-41-37(45)27(2)51-52(9,10)40(6,7)8/h14-15,17-18,20,22-23,27,30-32,34H,11-13,21,24-26H2,1-10H3,(H,42,47)/t27?,30?,31-,32+,34-/m1/s1. The molecule has 1 aliphatic carbocycles. The molecular weight excluding hydrogens is 675 g/mol. The minimum Gasteiger partial charge on any atom is -0.466 e. The van der Waals surface area contributed by atoms with E-state index in [-0.39, 0.29) is 23.7 Å². The second-order valence-corrected chi connectivity index (χ2v) is 21.4. The Bertz CT molecular complexity index is 1730. The second-order valence-electron chi connectivity index (χ2n) is 16.6. The molecule has 2 fully saturated rings. The molecule has 0 spiro atoms. The predicted molar refractivity (Wildman–Crippen MR) is 203 cm³/mol. The Labute approximate surface area is 310 Å². The highest BCUT2D eigenvalue weighted by Crippen LogP contribution is 2.51. The van der Waals surface area contributed by atoms with Crippen LogP contribution in [0.25, 0.3) is 11.3 Å². The number of imidazole rings is 1. The minimum atomic E-state index is -2.10. The maximum atomic E-state index is 12.7. The third-order valence-corrected chi connectivity index (χ3v) is 14.9. The predicted octanol–water partition coefficient (Wildman–Crippen LogP) is 7.61. The van der Waals surface area contributed by atoms with E-state index >= 15 is 0 Å². The summed E-state index contributed by atoms with van der Waals surface area (Å²) in [6.45, 7) is 24.2. The van der Waals surface area contributed by atoms with Gasteiger partial charge in [0.1, 0.15) is 23.2 Å². The largest absolute Gasteiger partial charge is 0.466 e. The van der Waals surface area contributed by atoms with Gasteiger partial charge in [-0.2, -0.15) is 0 Å². The molecular formula is C40H57N5O6Si. The highest BCUT2D eigenvalue weighted by molar-refractivity contribution is 6.74. The van der Waals surface area contributed by atoms with Crippen LogP contribution in [0.15, 0.2) is 47.2 Å². The Hall–Kier alpha value is -3.92. The Morgan fingerprint density at radius 2 is 1.79 bits per heavy atom. The second kappa shape index (κ2) is 16.0. The van der Waals surface area contributed by atoms with Gasteiger partial charge in [-0.25, -0.2) is 9.78 Å². The summed E-state index contributed by atoms with van der Waals surface area (Å²) in [5.41, 5.74) is 1.85. The first kappa shape index (κ1) is 39.3. The summed E-state index contributed by atoms with van der Waals surface area (Å²) in [6.07, 6.45) is 4.18. The normalized spacial score (nSPS) is 20.0. The van der Waals surface area contributed by atoms with Crippen molar-refractivity contribution in [3.8, 4) is 23.2 Å². The number of esters is 1. The molecule has 12 heteroatoms. The van der Waals surface area contributed by atoms with Crippen molar-refractivity contribution in [1.82, 2.24) is 24.9 Å². The van der Waals surface area contributed by atoms with Crippen LogP contribution >= 0.6 is 0 Å². The summed E-state index contributed by atoms with van der Waals surface area (Å²) in [4.78, 5) is 31.5. The van der Waals surface area contributed by atoms with Crippen molar-refractivity contribution in [2.45, 2.75) is 104 Å². The van der Waals surface area contributed by atoms with Crippen molar-refractivity contribution in [3.05, 3.63) is 59.8 Å². The lowest BCUT2D eigenvalue weighted by molar-refractivity contribution is -0.143. The Morgan fingerprint density at radius 1 is 1.10 bits per heavy atom. The highest BCUT2D eigenvalue weighted by atomic mass is 28.4. The van der Waals surface area contributed by atoms with Gasteiger partial charge in [0.05, 0.1) is 12.6 Å². The van der Waals surface area contributed by atoms with Gasteiger partial charge in [0, 0.05) is 61.6 Å². The van der Waals surface area contributed by atoms with Gasteiger partial charge in [0.25, 0.3) is 0 Å². The van der Waals surface area contributed by atoms with Gasteiger partial charge < -0.3 is 33.2 Å². The monoisotopic (exact) mass is 731 g/mol. The molecule has 2 aromatic heterocycles. The third-order valence-electron chi connectivity index (χ3n) is 10.4. The Balaban J connectivity index is 1.25. The number of rotatable bonds is 13. The van der Waals surface area contributed by atoms with Crippen LogP contribution in [-0.2, 0) is 18.7 Å². The quantitative estimate of drug-likeness (QED) is 0.108. The number of hydrogen-bond acceptors (Lipinski definition) is 9. The van der Waals surface area contributed by atoms with Gasteiger partial charge in [0.15, 0.2) is 14.1 Å². The zero-order valence-corrected chi connectivity index (χ0v) is 33.6. The minimum absolute atomic E-state index is 0.0333. The van der Waals surface area contributed by atoms with E-state index in [2.05, 4.69) is 61.1 Å². The molecule has 5 atom stereocenters. The van der Waals surface area contributed by atoms with Crippen LogP contribution in [-0.4, -0.2) is 78.4 Å². The average Bonchev–Trinajstić information content (AvgIpc) is 3.55. The molecule has 2 unspecified atom stereocenters. The van der Waals surface area contributed by atoms with Crippen molar-refractivity contribution in [2.24, 2.45) is 17.8 Å². The zero-order valence-electron chi connectivity index (χ0n) is 32.6. The topological polar surface area (TPSA) is 121 Å². The molecule has 3 aromatic rings. The number of aromatic nitrogens is 3. The molecule has 0 radical (unpaired) electrons. The van der Waals surface area contributed by atoms with Gasteiger partial charge in [-0.15, -0.1) is 0 Å². The number of ether oxygens (including phenoxy) is 2. The number of nitrogens with zero attached hydrogens (tertiary/aromatic N) is 4. The van der Waals surface area contributed by atoms with Gasteiger partial charge >= 0.3 is 12.1 Å². The fourth-order valence-corrected chi connectivity index (χ4v) is 7.91. The van der Waals surface area contributed by atoms with Crippen molar-refractivity contribution >= 4 is 20.4 Å². The van der Waals surface area contributed by atoms with Crippen molar-refractivity contribution in [3.63, 3.8) is 0 Å². The number of benzene rings is 1. The molecule has 1 amide bonds. The summed E-state index contributed by atoms with van der Waals surface area (Å²) < 4.78 is 25.2. The lowest BCUT2D eigenvalue weighted by Crippen LogP contribution is -2.42. The number of carbonyl (C=O) groups is 2. The average molecular weight is 732 g/mol. The van der Waals surface area contributed by atoms with Crippen LogP contribution in [0, 0.1) is 29.6 Å². The van der Waals surface area contributed by atoms with E-state index in [1.54, 1.807) is 6.20 Å². The molecule has 1 aliphatic heterocycles. The Kier molecular flexibility index (Phi) is 12.1. The van der Waals surface area contributed by atoms with Crippen LogP contribution in [0.4, 0.5) is 4.79 Å². The smallest absolute Gasteiger partial charge is 0.407 e. The summed E-state index contributed by atoms with van der Waals surface area (Å²) in [6, 6.07) is 9.51. The van der Waals surface area contributed by atoms with E-state index in [0.29, 0.717) is 42.2 Å². The summed E-state index contributed by atoms with van der Waals surface area (Å²) in [7, 11) is -2.10. The molecule has 282 valence electrons. The van der Waals surface area contributed by atoms with E-state index in [0.717, 1.165) is 43.0 Å². The van der Waals surface area contributed by atoms with Gasteiger partial charge in [0.2, 0.25) is 0 Å². The van der Waals surface area contributed by atoms with Gasteiger partial charge in [-0.05, 0) is 102 Å². The third kappa shape index (κ3) is 9.93. The van der Waals surface area contributed by atoms with E-state index in [9.17, 15) is 9.59 Å². The first-order valence-corrected chi connectivity index (χ1v) is 21.5. The zero-order chi connectivity index (χ0) is 37.8. The molecule has 1 aromatic carbocycles. The summed E-state index contributed by atoms with van der Waals surface area (Å²) >= 11 is 0. The molecule has 2 aliphatic rings. The summed E-state index contributed by atoms with van der Waals surface area (Å²) in [5.74, 6) is 9.82. The fraction of sp³-hybridized carbons (Fsp3) is 0.600. The van der Waals surface area contributed by atoms with Gasteiger partial charge in [-0.1, -0.05) is 37.8 Å². The van der Waals surface area contributed by atoms with Crippen molar-refractivity contribution in [1.29, 1.82) is 0 Å².